The zero-order valence-electron chi connectivity index (χ0n) is 20.7. The van der Waals surface area contributed by atoms with Gasteiger partial charge in [0.25, 0.3) is 6.43 Å². The minimum absolute atomic E-state index is 0.0574. The monoisotopic (exact) mass is 441 g/mol. The molecule has 0 saturated carbocycles. The molecule has 9 nitrogen and oxygen atoms in total. The number of hydrogen-bond acceptors (Lipinski definition) is 6. The summed E-state index contributed by atoms with van der Waals surface area (Å²) in [6.07, 6.45) is -3.14. The summed E-state index contributed by atoms with van der Waals surface area (Å²) in [5.41, 5.74) is -1.57. The fraction of sp³-hybridized carbons (Fsp3) is 0.562. The maximum absolute atomic E-state index is 16.3. The number of aryl methyl sites for hydroxylation is 1. The highest BCUT2D eigenvalue weighted by atomic mass is 32.2. The number of sulfone groups is 1. The summed E-state index contributed by atoms with van der Waals surface area (Å²) in [5.74, 6) is -1.66. The van der Waals surface area contributed by atoms with Crippen molar-refractivity contribution in [1.29, 1.82) is 0 Å². The smallest absolute Gasteiger partial charge is 0.323 e. The van der Waals surface area contributed by atoms with Gasteiger partial charge in [-0.05, 0) is 19.7 Å². The van der Waals surface area contributed by atoms with Crippen molar-refractivity contribution in [2.45, 2.75) is 36.0 Å². The van der Waals surface area contributed by atoms with Crippen molar-refractivity contribution in [1.82, 2.24) is 19.8 Å². The molecule has 1 aliphatic rings. The number of likely N-dealkylation sites (tertiary alicyclic amines) is 1. The zero-order chi connectivity index (χ0) is 26.4. The molecule has 1 N–H and O–H groups in total. The van der Waals surface area contributed by atoms with Gasteiger partial charge in [0.1, 0.15) is 16.9 Å². The Morgan fingerprint density at radius 2 is 2.17 bits per heavy atom. The average molecular weight is 441 g/mol. The van der Waals surface area contributed by atoms with E-state index in [0.29, 0.717) is 0 Å². The van der Waals surface area contributed by atoms with Gasteiger partial charge in [0.2, 0.25) is 14.8 Å². The fourth-order valence-corrected chi connectivity index (χ4v) is 4.67. The molecule has 2 aromatic heterocycles. The Balaban J connectivity index is 1.94. The van der Waals surface area contributed by atoms with Crippen molar-refractivity contribution >= 4 is 21.7 Å². The van der Waals surface area contributed by atoms with E-state index in [0.717, 1.165) is 4.90 Å². The number of rotatable bonds is 5. The van der Waals surface area contributed by atoms with Gasteiger partial charge in [-0.2, -0.15) is 5.10 Å². The predicted octanol–water partition coefficient (Wildman–Crippen LogP) is 2.75. The Morgan fingerprint density at radius 1 is 1.45 bits per heavy atom. The lowest BCUT2D eigenvalue weighted by Crippen LogP contribution is -2.48. The molecule has 3 rings (SSSR count). The second kappa shape index (κ2) is 7.69. The number of amides is 2. The number of anilines is 1. The minimum atomic E-state index is -5.74. The van der Waals surface area contributed by atoms with Crippen LogP contribution >= 0.6 is 0 Å². The van der Waals surface area contributed by atoms with Crippen LogP contribution in [0.3, 0.4) is 0 Å². The molecule has 160 valence electrons. The molecule has 3 heterocycles. The highest BCUT2D eigenvalue weighted by Crippen LogP contribution is 2.41. The second-order valence-electron chi connectivity index (χ2n) is 6.35. The van der Waals surface area contributed by atoms with Crippen LogP contribution in [0.4, 0.5) is 23.8 Å². The maximum Gasteiger partial charge on any atom is 0.323 e. The molecule has 1 saturated heterocycles. The Morgan fingerprint density at radius 3 is 2.72 bits per heavy atom. The number of carbonyl (C=O) groups excluding carboxylic acids is 1. The van der Waals surface area contributed by atoms with Crippen LogP contribution in [-0.2, 0) is 16.8 Å². The normalized spacial score (nSPS) is 22.0. The van der Waals surface area contributed by atoms with Crippen LogP contribution in [0.15, 0.2) is 27.9 Å². The van der Waals surface area contributed by atoms with Gasteiger partial charge in [-0.1, -0.05) is 5.16 Å². The van der Waals surface area contributed by atoms with Gasteiger partial charge < -0.3 is 9.42 Å². The molecular weight excluding hydrogens is 415 g/mol. The van der Waals surface area contributed by atoms with Crippen molar-refractivity contribution in [2.75, 3.05) is 18.4 Å². The number of nitrogens with zero attached hydrogens (tertiary/aromatic N) is 4. The number of alkyl halides is 3. The summed E-state index contributed by atoms with van der Waals surface area (Å²) in [6.45, 7) is -7.55. The molecule has 1 atom stereocenters. The largest absolute Gasteiger partial charge is 0.363 e. The Bertz CT molecular complexity index is 1160. The predicted molar refractivity (Wildman–Crippen MR) is 94.7 cm³/mol. The highest BCUT2D eigenvalue weighted by molar-refractivity contribution is 7.92. The molecule has 0 unspecified atom stereocenters. The lowest BCUT2D eigenvalue weighted by atomic mass is 9.92. The van der Waals surface area contributed by atoms with E-state index in [4.69, 9.17) is 8.22 Å². The van der Waals surface area contributed by atoms with E-state index in [-0.39, 0.29) is 29.8 Å². The van der Waals surface area contributed by atoms with E-state index >= 15 is 4.39 Å². The molecular formula is C16H20F3N5O4S. The molecule has 29 heavy (non-hydrogen) atoms. The Hall–Kier alpha value is -2.57. The van der Waals surface area contributed by atoms with Gasteiger partial charge in [0.05, 0.1) is 0 Å². The summed E-state index contributed by atoms with van der Waals surface area (Å²) in [4.78, 5) is 12.0. The van der Waals surface area contributed by atoms with Crippen molar-refractivity contribution in [3.05, 3.63) is 24.2 Å². The van der Waals surface area contributed by atoms with Gasteiger partial charge in [-0.3, -0.25) is 10.00 Å². The van der Waals surface area contributed by atoms with Gasteiger partial charge in [0, 0.05) is 46.5 Å². The summed E-state index contributed by atoms with van der Waals surface area (Å²) < 4.78 is 119. The third-order valence-corrected chi connectivity index (χ3v) is 6.58. The Kier molecular flexibility index (Phi) is 3.82. The summed E-state index contributed by atoms with van der Waals surface area (Å²) in [5, 5.41) is 4.86. The first kappa shape index (κ1) is 14.4. The summed E-state index contributed by atoms with van der Waals surface area (Å²) >= 11 is 0. The SMILES string of the molecule is [2H]C([2H])([2H])n1cc(S(=O)(=O)[C@@](F)(C2CCN(C(=O)Nc3ccon3)CC2)C([2H])([2H])[2H])c(C(F)F)n1. The molecule has 0 aromatic carbocycles. The molecule has 2 aromatic rings. The number of carbonyl (C=O) groups is 1. The molecule has 0 spiro atoms. The van der Waals surface area contributed by atoms with E-state index in [1.807, 2.05) is 0 Å². The molecule has 13 heteroatoms. The third kappa shape index (κ3) is 3.95. The van der Waals surface area contributed by atoms with Crippen LogP contribution < -0.4 is 5.32 Å². The van der Waals surface area contributed by atoms with Crippen LogP contribution in [0.5, 0.6) is 0 Å². The Labute approximate surface area is 173 Å². The molecule has 1 fully saturated rings. The standard InChI is InChI=1S/C16H20F3N5O4S/c1-16(19,29(26,27)11-9-23(2)21-13(11)14(17)18)10-3-6-24(7-4-10)15(25)20-12-5-8-28-22-12/h5,8-10,14H,3-4,6-7H2,1-2H3,(H,20,22,25)/t16-/m1/s1/i1D3,2D3. The third-order valence-electron chi connectivity index (χ3n) is 4.57. The second-order valence-corrected chi connectivity index (χ2v) is 8.39. The molecule has 0 aliphatic carbocycles. The molecule has 0 bridgehead atoms. The first-order chi connectivity index (χ1) is 16.0. The van der Waals surface area contributed by atoms with E-state index in [9.17, 15) is 22.0 Å². The van der Waals surface area contributed by atoms with Gasteiger partial charge >= 0.3 is 6.03 Å². The van der Waals surface area contributed by atoms with Crippen LogP contribution in [0, 0.1) is 5.92 Å². The quantitative estimate of drug-likeness (QED) is 0.764. The first-order valence-electron chi connectivity index (χ1n) is 11.3. The number of urea groups is 1. The van der Waals surface area contributed by atoms with Gasteiger partial charge in [-0.25, -0.2) is 26.4 Å². The van der Waals surface area contributed by atoms with E-state index in [1.165, 1.54) is 12.3 Å². The van der Waals surface area contributed by atoms with E-state index in [1.54, 1.807) is 0 Å². The topological polar surface area (TPSA) is 110 Å². The maximum atomic E-state index is 16.3. The fourth-order valence-electron chi connectivity index (χ4n) is 3.03. The van der Waals surface area contributed by atoms with Crippen LogP contribution in [0.25, 0.3) is 0 Å². The van der Waals surface area contributed by atoms with Crippen LogP contribution in [0.1, 0.15) is 40.0 Å². The lowest BCUT2D eigenvalue weighted by molar-refractivity contribution is 0.116. The van der Waals surface area contributed by atoms with Crippen molar-refractivity contribution in [3.63, 3.8) is 0 Å². The number of aromatic nitrogens is 3. The highest BCUT2D eigenvalue weighted by Gasteiger charge is 2.50. The first-order valence-corrected chi connectivity index (χ1v) is 9.76. The van der Waals surface area contributed by atoms with Gasteiger partial charge in [-0.15, -0.1) is 0 Å². The minimum Gasteiger partial charge on any atom is -0.363 e. The molecule has 0 radical (unpaired) electrons. The number of piperidine rings is 1. The number of hydrogen-bond donors (Lipinski definition) is 1. The van der Waals surface area contributed by atoms with E-state index < -0.39 is 70.5 Å². The number of halogens is 3. The van der Waals surface area contributed by atoms with Crippen LogP contribution in [-0.4, -0.2) is 52.4 Å². The lowest BCUT2D eigenvalue weighted by Gasteiger charge is -2.37. The van der Waals surface area contributed by atoms with Gasteiger partial charge in [0.15, 0.2) is 5.82 Å². The van der Waals surface area contributed by atoms with E-state index in [2.05, 4.69) is 20.1 Å². The van der Waals surface area contributed by atoms with Crippen molar-refractivity contribution in [3.8, 4) is 0 Å². The molecule has 1 aliphatic heterocycles. The summed E-state index contributed by atoms with van der Waals surface area (Å²) in [7, 11) is -5.74. The number of nitrogens with one attached hydrogen (secondary N) is 1. The summed E-state index contributed by atoms with van der Waals surface area (Å²) in [6, 6.07) is 0.663. The zero-order valence-corrected chi connectivity index (χ0v) is 15.5. The van der Waals surface area contributed by atoms with Crippen molar-refractivity contribution < 1.29 is 39.1 Å². The molecule has 2 amide bonds. The van der Waals surface area contributed by atoms with Crippen molar-refractivity contribution in [2.24, 2.45) is 12.9 Å². The van der Waals surface area contributed by atoms with Crippen LogP contribution in [0.2, 0.25) is 0 Å². The average Bonchev–Trinajstić information content (AvgIpc) is 3.42.